The van der Waals surface area contributed by atoms with Gasteiger partial charge in [0.25, 0.3) is 11.6 Å². The van der Waals surface area contributed by atoms with Crippen molar-refractivity contribution in [3.05, 3.63) is 33.9 Å². The molecule has 0 amide bonds. The van der Waals surface area contributed by atoms with Crippen molar-refractivity contribution in [3.63, 3.8) is 0 Å². The number of rotatable bonds is 4. The van der Waals surface area contributed by atoms with E-state index in [4.69, 9.17) is 5.73 Å². The second-order valence-electron chi connectivity index (χ2n) is 4.07. The summed E-state index contributed by atoms with van der Waals surface area (Å²) in [7, 11) is 3.65. The van der Waals surface area contributed by atoms with Crippen LogP contribution in [0, 0.1) is 10.1 Å². The summed E-state index contributed by atoms with van der Waals surface area (Å²) in [6, 6.07) is 4.49. The van der Waals surface area contributed by atoms with E-state index < -0.39 is 4.92 Å². The number of nitro benzene ring substituents is 1. The van der Waals surface area contributed by atoms with E-state index in [9.17, 15) is 10.1 Å². The average Bonchev–Trinajstić information content (AvgIpc) is 2.81. The molecule has 0 bridgehead atoms. The molecule has 2 aromatic rings. The summed E-state index contributed by atoms with van der Waals surface area (Å²) in [6.45, 7) is 0. The average molecular weight is 276 g/mol. The lowest BCUT2D eigenvalue weighted by Crippen LogP contribution is -2.11. The van der Waals surface area contributed by atoms with Crippen molar-refractivity contribution >= 4 is 23.5 Å². The normalized spacial score (nSPS) is 10.9. The number of non-ortho nitro benzene ring substituents is 1. The molecular weight excluding hydrogens is 264 g/mol. The Hall–Kier alpha value is -3.04. The van der Waals surface area contributed by atoms with Gasteiger partial charge in [0.15, 0.2) is 0 Å². The van der Waals surface area contributed by atoms with Gasteiger partial charge >= 0.3 is 0 Å². The molecule has 0 radical (unpaired) electrons. The Morgan fingerprint density at radius 3 is 2.80 bits per heavy atom. The summed E-state index contributed by atoms with van der Waals surface area (Å²) < 4.78 is 0. The van der Waals surface area contributed by atoms with E-state index in [0.29, 0.717) is 5.56 Å². The lowest BCUT2D eigenvalue weighted by Gasteiger charge is -2.14. The smallest absolute Gasteiger partial charge is 0.270 e. The monoisotopic (exact) mass is 276 g/mol. The zero-order valence-corrected chi connectivity index (χ0v) is 10.8. The van der Waals surface area contributed by atoms with E-state index in [0.717, 1.165) is 10.5 Å². The molecule has 1 aromatic heterocycles. The summed E-state index contributed by atoms with van der Waals surface area (Å²) in [6.07, 6.45) is 1.41. The first-order valence-electron chi connectivity index (χ1n) is 5.53. The summed E-state index contributed by atoms with van der Waals surface area (Å²) in [5, 5.41) is 25.1. The summed E-state index contributed by atoms with van der Waals surface area (Å²) in [5.41, 5.74) is 6.77. The van der Waals surface area contributed by atoms with Crippen molar-refractivity contribution in [3.8, 4) is 0 Å². The third-order valence-corrected chi connectivity index (χ3v) is 2.49. The van der Waals surface area contributed by atoms with Gasteiger partial charge in [-0.2, -0.15) is 5.10 Å². The Bertz CT molecular complexity index is 663. The van der Waals surface area contributed by atoms with Crippen molar-refractivity contribution in [2.24, 2.45) is 5.10 Å². The number of anilines is 2. The highest BCUT2D eigenvalue weighted by molar-refractivity contribution is 5.89. The number of tetrazole rings is 1. The maximum atomic E-state index is 10.8. The van der Waals surface area contributed by atoms with Crippen molar-refractivity contribution in [1.29, 1.82) is 0 Å². The number of nitrogen functional groups attached to an aromatic ring is 1. The molecule has 10 nitrogen and oxygen atoms in total. The highest BCUT2D eigenvalue weighted by atomic mass is 16.6. The largest absolute Gasteiger partial charge is 0.377 e. The number of hydrogen-bond donors (Lipinski definition) is 1. The maximum absolute atomic E-state index is 10.8. The van der Waals surface area contributed by atoms with Crippen LogP contribution in [0.1, 0.15) is 5.56 Å². The number of nitro groups is 1. The van der Waals surface area contributed by atoms with Crippen molar-refractivity contribution in [2.75, 3.05) is 24.7 Å². The van der Waals surface area contributed by atoms with Gasteiger partial charge in [-0.05, 0) is 16.5 Å². The number of nitrogens with zero attached hydrogens (tertiary/aromatic N) is 7. The first-order valence-corrected chi connectivity index (χ1v) is 5.53. The third kappa shape index (κ3) is 2.68. The van der Waals surface area contributed by atoms with Crippen LogP contribution < -0.4 is 10.6 Å². The molecule has 0 aliphatic heterocycles. The Labute approximate surface area is 113 Å². The molecule has 0 fully saturated rings. The summed E-state index contributed by atoms with van der Waals surface area (Å²) in [4.78, 5) is 13.2. The number of benzene rings is 1. The van der Waals surface area contributed by atoms with Crippen LogP contribution in [0.3, 0.4) is 0 Å². The highest BCUT2D eigenvalue weighted by Gasteiger charge is 2.11. The molecule has 1 aromatic carbocycles. The van der Waals surface area contributed by atoms with Crippen LogP contribution in [0.25, 0.3) is 0 Å². The predicted octanol–water partition coefficient (Wildman–Crippen LogP) is 0.112. The highest BCUT2D eigenvalue weighted by Crippen LogP contribution is 2.22. The maximum Gasteiger partial charge on any atom is 0.270 e. The number of nitrogens with two attached hydrogens (primary N) is 1. The van der Waals surface area contributed by atoms with Crippen molar-refractivity contribution < 1.29 is 4.92 Å². The van der Waals surface area contributed by atoms with Crippen molar-refractivity contribution in [2.45, 2.75) is 0 Å². The standard InChI is InChI=1S/C10H12N8O2/c1-16(2)9-4-3-8(18(19)20)5-7(9)6-12-17-10(11)13-14-15-17/h3-6H,1-2H3,(H2,11,13,15). The molecule has 0 spiro atoms. The van der Waals surface area contributed by atoms with Gasteiger partial charge in [0, 0.05) is 37.5 Å². The van der Waals surface area contributed by atoms with Gasteiger partial charge < -0.3 is 10.6 Å². The fraction of sp³-hybridized carbons (Fsp3) is 0.200. The second kappa shape index (κ2) is 5.30. The van der Waals surface area contributed by atoms with Gasteiger partial charge in [-0.1, -0.05) is 9.89 Å². The van der Waals surface area contributed by atoms with Crippen LogP contribution in [0.15, 0.2) is 23.3 Å². The lowest BCUT2D eigenvalue weighted by molar-refractivity contribution is -0.384. The van der Waals surface area contributed by atoms with Crippen LogP contribution in [0.5, 0.6) is 0 Å². The molecule has 0 aliphatic carbocycles. The van der Waals surface area contributed by atoms with Crippen LogP contribution in [0.2, 0.25) is 0 Å². The van der Waals surface area contributed by atoms with E-state index >= 15 is 0 Å². The molecule has 2 rings (SSSR count). The molecule has 20 heavy (non-hydrogen) atoms. The SMILES string of the molecule is CN(C)c1ccc([N+](=O)[O-])cc1C=Nn1nnnc1N. The van der Waals surface area contributed by atoms with E-state index in [-0.39, 0.29) is 11.6 Å². The Morgan fingerprint density at radius 2 is 2.25 bits per heavy atom. The Kier molecular flexibility index (Phi) is 3.55. The van der Waals surface area contributed by atoms with Gasteiger partial charge in [0.1, 0.15) is 0 Å². The fourth-order valence-electron chi connectivity index (χ4n) is 1.55. The Morgan fingerprint density at radius 1 is 1.50 bits per heavy atom. The minimum Gasteiger partial charge on any atom is -0.377 e. The molecule has 0 unspecified atom stereocenters. The predicted molar refractivity (Wildman–Crippen MR) is 72.6 cm³/mol. The molecule has 0 saturated heterocycles. The first-order chi connectivity index (χ1) is 9.49. The molecule has 2 N–H and O–H groups in total. The van der Waals surface area contributed by atoms with Gasteiger partial charge in [-0.25, -0.2) is 0 Å². The molecule has 1 heterocycles. The lowest BCUT2D eigenvalue weighted by atomic mass is 10.1. The quantitative estimate of drug-likeness (QED) is 0.476. The van der Waals surface area contributed by atoms with Gasteiger partial charge in [0.2, 0.25) is 0 Å². The molecule has 0 atom stereocenters. The number of aromatic nitrogens is 4. The van der Waals surface area contributed by atoms with Gasteiger partial charge in [-0.3, -0.25) is 10.1 Å². The van der Waals surface area contributed by atoms with Crippen LogP contribution in [-0.2, 0) is 0 Å². The Balaban J connectivity index is 2.42. The molecular formula is C10H12N8O2. The molecule has 0 saturated carbocycles. The summed E-state index contributed by atoms with van der Waals surface area (Å²) in [5.74, 6) is 0.0260. The zero-order valence-electron chi connectivity index (χ0n) is 10.8. The van der Waals surface area contributed by atoms with Crippen LogP contribution in [0.4, 0.5) is 17.3 Å². The van der Waals surface area contributed by atoms with Gasteiger partial charge in [-0.15, -0.1) is 0 Å². The minimum absolute atomic E-state index is 0.0260. The second-order valence-corrected chi connectivity index (χ2v) is 4.07. The van der Waals surface area contributed by atoms with E-state index in [1.165, 1.54) is 18.3 Å². The number of hydrogen-bond acceptors (Lipinski definition) is 8. The van der Waals surface area contributed by atoms with Gasteiger partial charge in [0.05, 0.1) is 11.1 Å². The third-order valence-electron chi connectivity index (χ3n) is 2.49. The molecule has 104 valence electrons. The van der Waals surface area contributed by atoms with E-state index in [1.54, 1.807) is 6.07 Å². The first kappa shape index (κ1) is 13.4. The van der Waals surface area contributed by atoms with Crippen molar-refractivity contribution in [1.82, 2.24) is 20.3 Å². The molecule has 0 aliphatic rings. The van der Waals surface area contributed by atoms with E-state index in [1.807, 2.05) is 19.0 Å². The zero-order chi connectivity index (χ0) is 14.7. The minimum atomic E-state index is -0.470. The van der Waals surface area contributed by atoms with E-state index in [2.05, 4.69) is 20.6 Å². The van der Waals surface area contributed by atoms with Crippen LogP contribution in [-0.4, -0.2) is 45.5 Å². The van der Waals surface area contributed by atoms with Crippen LogP contribution >= 0.6 is 0 Å². The fourth-order valence-corrected chi connectivity index (χ4v) is 1.55. The molecule has 10 heteroatoms. The summed E-state index contributed by atoms with van der Waals surface area (Å²) >= 11 is 0. The topological polar surface area (TPSA) is 128 Å².